The maximum absolute atomic E-state index is 10.6. The summed E-state index contributed by atoms with van der Waals surface area (Å²) in [5.41, 5.74) is 0.643. The third kappa shape index (κ3) is 0.988. The number of fused-ring (bicyclic) bond motifs is 5. The zero-order valence-corrected chi connectivity index (χ0v) is 8.87. The second-order valence-electron chi connectivity index (χ2n) is 5.71. The molecule has 3 saturated carbocycles. The van der Waals surface area contributed by atoms with Crippen LogP contribution >= 0.6 is 0 Å². The summed E-state index contributed by atoms with van der Waals surface area (Å²) in [5, 5.41) is 0. The smallest absolute Gasteiger partial charge is 0.120 e. The van der Waals surface area contributed by atoms with E-state index in [4.69, 9.17) is 0 Å². The predicted molar refractivity (Wildman–Crippen MR) is 55.9 cm³/mol. The Bertz CT molecular complexity index is 248. The van der Waals surface area contributed by atoms with Gasteiger partial charge in [0.2, 0.25) is 0 Å². The molecule has 78 valence electrons. The van der Waals surface area contributed by atoms with Crippen LogP contribution in [0.25, 0.3) is 0 Å². The van der Waals surface area contributed by atoms with Gasteiger partial charge in [0.15, 0.2) is 0 Å². The summed E-state index contributed by atoms with van der Waals surface area (Å²) in [6, 6.07) is 0. The Morgan fingerprint density at radius 3 is 3.07 bits per heavy atom. The summed E-state index contributed by atoms with van der Waals surface area (Å²) in [5.74, 6) is 3.07. The lowest BCUT2D eigenvalue weighted by Gasteiger charge is -2.39. The number of carbonyl (C=O) groups excluding carboxylic acids is 1. The van der Waals surface area contributed by atoms with Gasteiger partial charge < -0.3 is 4.79 Å². The SMILES string of the molecule is O=CCC[C@@]12CCC[C@@H]1[C@@H]1CC[C@H]2C1. The zero-order valence-electron chi connectivity index (χ0n) is 8.87. The van der Waals surface area contributed by atoms with Crippen LogP contribution in [0.3, 0.4) is 0 Å². The van der Waals surface area contributed by atoms with E-state index in [1.165, 1.54) is 44.9 Å². The molecule has 0 aromatic heterocycles. The Morgan fingerprint density at radius 1 is 1.29 bits per heavy atom. The Hall–Kier alpha value is -0.330. The van der Waals surface area contributed by atoms with Gasteiger partial charge >= 0.3 is 0 Å². The summed E-state index contributed by atoms with van der Waals surface area (Å²) < 4.78 is 0. The van der Waals surface area contributed by atoms with Crippen LogP contribution in [0.5, 0.6) is 0 Å². The molecule has 0 aromatic rings. The zero-order chi connectivity index (χ0) is 9.60. The van der Waals surface area contributed by atoms with Crippen molar-refractivity contribution in [3.63, 3.8) is 0 Å². The fraction of sp³-hybridized carbons (Fsp3) is 0.923. The first kappa shape index (κ1) is 8.94. The van der Waals surface area contributed by atoms with Crippen LogP contribution in [0.15, 0.2) is 0 Å². The fourth-order valence-electron chi connectivity index (χ4n) is 5.08. The van der Waals surface area contributed by atoms with Gasteiger partial charge in [0.25, 0.3) is 0 Å². The molecule has 0 amide bonds. The van der Waals surface area contributed by atoms with Crippen molar-refractivity contribution in [2.24, 2.45) is 23.2 Å². The molecule has 0 spiro atoms. The molecule has 3 aliphatic rings. The molecule has 2 bridgehead atoms. The predicted octanol–water partition coefficient (Wildman–Crippen LogP) is 3.18. The van der Waals surface area contributed by atoms with Gasteiger partial charge in [-0.25, -0.2) is 0 Å². The molecule has 1 heteroatoms. The van der Waals surface area contributed by atoms with Crippen molar-refractivity contribution in [1.29, 1.82) is 0 Å². The van der Waals surface area contributed by atoms with Crippen molar-refractivity contribution in [1.82, 2.24) is 0 Å². The molecule has 0 unspecified atom stereocenters. The number of hydrogen-bond acceptors (Lipinski definition) is 1. The third-order valence-corrected chi connectivity index (χ3v) is 5.48. The van der Waals surface area contributed by atoms with Crippen molar-refractivity contribution in [3.8, 4) is 0 Å². The Kier molecular flexibility index (Phi) is 1.97. The topological polar surface area (TPSA) is 17.1 Å². The van der Waals surface area contributed by atoms with Crippen molar-refractivity contribution in [2.75, 3.05) is 0 Å². The molecule has 4 atom stereocenters. The van der Waals surface area contributed by atoms with Crippen molar-refractivity contribution >= 4 is 6.29 Å². The van der Waals surface area contributed by atoms with Crippen LogP contribution in [0, 0.1) is 23.2 Å². The fourth-order valence-corrected chi connectivity index (χ4v) is 5.08. The first-order valence-corrected chi connectivity index (χ1v) is 6.30. The lowest BCUT2D eigenvalue weighted by Crippen LogP contribution is -2.32. The second-order valence-corrected chi connectivity index (χ2v) is 5.71. The lowest BCUT2D eigenvalue weighted by molar-refractivity contribution is -0.108. The van der Waals surface area contributed by atoms with E-state index in [0.29, 0.717) is 5.41 Å². The molecule has 0 aromatic carbocycles. The first-order chi connectivity index (χ1) is 6.87. The molecule has 1 nitrogen and oxygen atoms in total. The Morgan fingerprint density at radius 2 is 2.21 bits per heavy atom. The van der Waals surface area contributed by atoms with Crippen molar-refractivity contribution in [2.45, 2.75) is 51.4 Å². The van der Waals surface area contributed by atoms with E-state index in [1.54, 1.807) is 0 Å². The molecule has 3 fully saturated rings. The number of rotatable bonds is 3. The van der Waals surface area contributed by atoms with Crippen LogP contribution in [0.4, 0.5) is 0 Å². The maximum Gasteiger partial charge on any atom is 0.120 e. The summed E-state index contributed by atoms with van der Waals surface area (Å²) in [4.78, 5) is 10.6. The van der Waals surface area contributed by atoms with Gasteiger partial charge in [0.05, 0.1) is 0 Å². The standard InChI is InChI=1S/C13H20O/c14-8-2-7-13-6-1-3-12(13)10-4-5-11(13)9-10/h8,10-12H,1-7,9H2/t10-,11+,12-,13-/m1/s1. The molecular formula is C13H20O. The van der Waals surface area contributed by atoms with Gasteiger partial charge in [0, 0.05) is 6.42 Å². The minimum absolute atomic E-state index is 0.643. The molecule has 14 heavy (non-hydrogen) atoms. The average molecular weight is 192 g/mol. The highest BCUT2D eigenvalue weighted by Gasteiger charge is 2.58. The molecule has 0 aliphatic heterocycles. The van der Waals surface area contributed by atoms with Gasteiger partial charge in [-0.3, -0.25) is 0 Å². The van der Waals surface area contributed by atoms with Gasteiger partial charge in [-0.05, 0) is 61.7 Å². The normalized spacial score (nSPS) is 49.6. The Labute approximate surface area is 86.3 Å². The number of hydrogen-bond donors (Lipinski definition) is 0. The molecule has 0 saturated heterocycles. The van der Waals surface area contributed by atoms with Gasteiger partial charge in [-0.15, -0.1) is 0 Å². The summed E-state index contributed by atoms with van der Waals surface area (Å²) in [6.45, 7) is 0. The van der Waals surface area contributed by atoms with E-state index in [0.717, 1.165) is 30.5 Å². The summed E-state index contributed by atoms with van der Waals surface area (Å²) >= 11 is 0. The van der Waals surface area contributed by atoms with Gasteiger partial charge in [0.1, 0.15) is 6.29 Å². The van der Waals surface area contributed by atoms with E-state index in [-0.39, 0.29) is 0 Å². The molecule has 0 radical (unpaired) electrons. The highest BCUT2D eigenvalue weighted by molar-refractivity contribution is 5.49. The van der Waals surface area contributed by atoms with Crippen LogP contribution in [0.1, 0.15) is 51.4 Å². The minimum Gasteiger partial charge on any atom is -0.303 e. The summed E-state index contributed by atoms with van der Waals surface area (Å²) in [6.07, 6.45) is 12.0. The monoisotopic (exact) mass is 192 g/mol. The van der Waals surface area contributed by atoms with Gasteiger partial charge in [-0.1, -0.05) is 6.42 Å². The van der Waals surface area contributed by atoms with E-state index in [1.807, 2.05) is 0 Å². The van der Waals surface area contributed by atoms with Crippen LogP contribution in [-0.2, 0) is 4.79 Å². The molecular weight excluding hydrogens is 172 g/mol. The lowest BCUT2D eigenvalue weighted by atomic mass is 9.65. The highest BCUT2D eigenvalue weighted by Crippen LogP contribution is 2.67. The minimum atomic E-state index is 0.643. The first-order valence-electron chi connectivity index (χ1n) is 6.30. The van der Waals surface area contributed by atoms with Crippen LogP contribution in [0.2, 0.25) is 0 Å². The maximum atomic E-state index is 10.6. The number of aldehydes is 1. The third-order valence-electron chi connectivity index (χ3n) is 5.48. The van der Waals surface area contributed by atoms with Crippen molar-refractivity contribution < 1.29 is 4.79 Å². The van der Waals surface area contributed by atoms with Crippen molar-refractivity contribution in [3.05, 3.63) is 0 Å². The average Bonchev–Trinajstić information content (AvgIpc) is 2.86. The summed E-state index contributed by atoms with van der Waals surface area (Å²) in [7, 11) is 0. The molecule has 0 heterocycles. The van der Waals surface area contributed by atoms with E-state index >= 15 is 0 Å². The molecule has 0 N–H and O–H groups in total. The second kappa shape index (κ2) is 3.08. The van der Waals surface area contributed by atoms with Crippen LogP contribution < -0.4 is 0 Å². The highest BCUT2D eigenvalue weighted by atomic mass is 16.1. The van der Waals surface area contributed by atoms with E-state index in [9.17, 15) is 4.79 Å². The van der Waals surface area contributed by atoms with E-state index < -0.39 is 0 Å². The quantitative estimate of drug-likeness (QED) is 0.628. The largest absolute Gasteiger partial charge is 0.303 e. The van der Waals surface area contributed by atoms with Gasteiger partial charge in [-0.2, -0.15) is 0 Å². The molecule has 3 aliphatic carbocycles. The molecule has 3 rings (SSSR count). The Balaban J connectivity index is 1.84. The van der Waals surface area contributed by atoms with Crippen LogP contribution in [-0.4, -0.2) is 6.29 Å². The number of carbonyl (C=O) groups is 1. The van der Waals surface area contributed by atoms with E-state index in [2.05, 4.69) is 0 Å².